The smallest absolute Gasteiger partial charge is 0.197 e. The Labute approximate surface area is 374 Å². The van der Waals surface area contributed by atoms with Crippen molar-refractivity contribution in [2.45, 2.75) is 0 Å². The van der Waals surface area contributed by atoms with Gasteiger partial charge in [-0.25, -0.2) is 0 Å². The third kappa shape index (κ3) is 6.49. The lowest BCUT2D eigenvalue weighted by Gasteiger charge is -2.26. The van der Waals surface area contributed by atoms with Crippen LogP contribution >= 0.6 is 0 Å². The van der Waals surface area contributed by atoms with Crippen LogP contribution in [0.5, 0.6) is 0 Å². The SMILES string of the molecule is O=c1c2ccccc2n(-c2cccc(-c3ccc(N(c4ccc(-c5cccc(-n6c7ccccc7c(=O)c7ccccc76)c5)cc4)c4ccc5ccccc5c4)cc3)c2)c2ccccc12. The normalized spacial score (nSPS) is 11.5. The molecule has 2 heterocycles. The fourth-order valence-electron chi connectivity index (χ4n) is 9.57. The molecule has 0 amide bonds. The largest absolute Gasteiger partial charge is 0.310 e. The second-order valence-corrected chi connectivity index (χ2v) is 16.5. The van der Waals surface area contributed by atoms with Crippen molar-refractivity contribution in [2.75, 3.05) is 4.90 Å². The Bertz CT molecular complexity index is 3600. The fraction of sp³-hybridized carbons (Fsp3) is 0. The van der Waals surface area contributed by atoms with Crippen LogP contribution in [-0.2, 0) is 0 Å². The van der Waals surface area contributed by atoms with E-state index < -0.39 is 0 Å². The van der Waals surface area contributed by atoms with Crippen molar-refractivity contribution in [1.82, 2.24) is 9.13 Å². The molecule has 10 aromatic carbocycles. The fourth-order valence-corrected chi connectivity index (χ4v) is 9.57. The van der Waals surface area contributed by atoms with E-state index in [1.54, 1.807) is 0 Å². The maximum atomic E-state index is 13.5. The Balaban J connectivity index is 0.926. The van der Waals surface area contributed by atoms with E-state index in [0.29, 0.717) is 21.5 Å². The van der Waals surface area contributed by atoms with E-state index in [1.165, 1.54) is 10.8 Å². The predicted octanol–water partition coefficient (Wildman–Crippen LogP) is 14.6. The lowest BCUT2D eigenvalue weighted by molar-refractivity contribution is 1.16. The lowest BCUT2D eigenvalue weighted by atomic mass is 10.0. The molecule has 0 saturated carbocycles. The quantitative estimate of drug-likeness (QED) is 0.150. The number of benzene rings is 10. The third-order valence-electron chi connectivity index (χ3n) is 12.7. The molecule has 0 radical (unpaired) electrons. The molecule has 0 N–H and O–H groups in total. The third-order valence-corrected chi connectivity index (χ3v) is 12.7. The molecule has 0 fully saturated rings. The predicted molar refractivity (Wildman–Crippen MR) is 271 cm³/mol. The van der Waals surface area contributed by atoms with Crippen LogP contribution in [-0.4, -0.2) is 9.13 Å². The van der Waals surface area contributed by atoms with Gasteiger partial charge in [-0.05, 0) is 142 Å². The number of nitrogens with zero attached hydrogens (tertiary/aromatic N) is 3. The van der Waals surface area contributed by atoms with Crippen LogP contribution in [0.4, 0.5) is 17.1 Å². The van der Waals surface area contributed by atoms with Crippen LogP contribution in [0.25, 0.3) is 88.0 Å². The van der Waals surface area contributed by atoms with Crippen molar-refractivity contribution < 1.29 is 0 Å². The van der Waals surface area contributed by atoms with Gasteiger partial charge < -0.3 is 14.0 Å². The number of para-hydroxylation sites is 4. The molecule has 0 spiro atoms. The van der Waals surface area contributed by atoms with Crippen LogP contribution in [0.3, 0.4) is 0 Å². The van der Waals surface area contributed by atoms with Gasteiger partial charge in [0.2, 0.25) is 0 Å². The number of hydrogen-bond acceptors (Lipinski definition) is 3. The van der Waals surface area contributed by atoms with E-state index in [4.69, 9.17) is 0 Å². The van der Waals surface area contributed by atoms with Gasteiger partial charge in [0.25, 0.3) is 0 Å². The molecule has 0 saturated heterocycles. The molecule has 0 aliphatic rings. The highest BCUT2D eigenvalue weighted by atomic mass is 16.1. The van der Waals surface area contributed by atoms with Gasteiger partial charge in [-0.3, -0.25) is 9.59 Å². The number of rotatable bonds is 7. The average Bonchev–Trinajstić information content (AvgIpc) is 3.37. The summed E-state index contributed by atoms with van der Waals surface area (Å²) >= 11 is 0. The first-order valence-corrected chi connectivity index (χ1v) is 21.8. The summed E-state index contributed by atoms with van der Waals surface area (Å²) in [5.74, 6) is 0. The van der Waals surface area contributed by atoms with Crippen LogP contribution in [0.1, 0.15) is 0 Å². The standard InChI is InChI=1S/C60H39N3O2/c64-59-51-19-3-7-23-55(51)62(56-24-8-4-20-52(56)59)48-17-11-15-44(37-48)41-27-32-46(33-28-41)61(50-36-31-40-13-1-2-14-43(40)39-50)47-34-29-42(30-35-47)45-16-12-18-49(38-45)63-57-25-9-5-21-53(57)60(65)54-22-6-10-26-58(54)63/h1-39H. The Morgan fingerprint density at radius 3 is 1.08 bits per heavy atom. The van der Waals surface area contributed by atoms with Gasteiger partial charge in [-0.15, -0.1) is 0 Å². The second-order valence-electron chi connectivity index (χ2n) is 16.5. The van der Waals surface area contributed by atoms with Gasteiger partial charge in [0.05, 0.1) is 22.1 Å². The van der Waals surface area contributed by atoms with Crippen molar-refractivity contribution >= 4 is 71.4 Å². The zero-order valence-electron chi connectivity index (χ0n) is 35.2. The van der Waals surface area contributed by atoms with Gasteiger partial charge in [0.1, 0.15) is 0 Å². The molecular formula is C60H39N3O2. The highest BCUT2D eigenvalue weighted by molar-refractivity contribution is 5.97. The zero-order valence-corrected chi connectivity index (χ0v) is 35.2. The maximum Gasteiger partial charge on any atom is 0.197 e. The molecule has 0 atom stereocenters. The van der Waals surface area contributed by atoms with Gasteiger partial charge in [-0.2, -0.15) is 0 Å². The monoisotopic (exact) mass is 833 g/mol. The topological polar surface area (TPSA) is 47.2 Å². The van der Waals surface area contributed by atoms with Crippen molar-refractivity contribution in [3.05, 3.63) is 257 Å². The van der Waals surface area contributed by atoms with Crippen molar-refractivity contribution in [3.63, 3.8) is 0 Å². The molecule has 5 nitrogen and oxygen atoms in total. The van der Waals surface area contributed by atoms with Crippen LogP contribution in [0, 0.1) is 0 Å². The lowest BCUT2D eigenvalue weighted by Crippen LogP contribution is -2.10. The summed E-state index contributed by atoms with van der Waals surface area (Å²) in [5.41, 5.74) is 13.0. The first-order valence-electron chi connectivity index (χ1n) is 21.8. The Hall–Kier alpha value is -8.80. The number of fused-ring (bicyclic) bond motifs is 5. The number of anilines is 3. The first-order chi connectivity index (χ1) is 32.1. The van der Waals surface area contributed by atoms with Crippen molar-refractivity contribution in [2.24, 2.45) is 0 Å². The summed E-state index contributed by atoms with van der Waals surface area (Å²) in [5, 5.41) is 5.15. The van der Waals surface area contributed by atoms with E-state index in [-0.39, 0.29) is 10.9 Å². The molecule has 2 aromatic heterocycles. The maximum absolute atomic E-state index is 13.5. The summed E-state index contributed by atoms with van der Waals surface area (Å²) in [6.07, 6.45) is 0. The minimum atomic E-state index is 0.0458. The number of hydrogen-bond donors (Lipinski definition) is 0. The molecule has 0 aliphatic carbocycles. The van der Waals surface area contributed by atoms with E-state index in [0.717, 1.165) is 72.8 Å². The molecule has 0 bridgehead atoms. The molecule has 306 valence electrons. The highest BCUT2D eigenvalue weighted by Crippen LogP contribution is 2.39. The van der Waals surface area contributed by atoms with E-state index in [2.05, 4.69) is 154 Å². The summed E-state index contributed by atoms with van der Waals surface area (Å²) < 4.78 is 4.39. The second kappa shape index (κ2) is 15.5. The summed E-state index contributed by atoms with van der Waals surface area (Å²) in [4.78, 5) is 29.3. The zero-order chi connectivity index (χ0) is 43.4. The Morgan fingerprint density at radius 2 is 0.646 bits per heavy atom. The van der Waals surface area contributed by atoms with Gasteiger partial charge in [0.15, 0.2) is 10.9 Å². The summed E-state index contributed by atoms with van der Waals surface area (Å²) in [7, 11) is 0. The molecular weight excluding hydrogens is 795 g/mol. The summed E-state index contributed by atoms with van der Waals surface area (Å²) in [6.45, 7) is 0. The van der Waals surface area contributed by atoms with Gasteiger partial charge >= 0.3 is 0 Å². The Morgan fingerprint density at radius 1 is 0.277 bits per heavy atom. The molecule has 0 unspecified atom stereocenters. The first kappa shape index (κ1) is 37.9. The molecule has 5 heteroatoms. The van der Waals surface area contributed by atoms with E-state index >= 15 is 0 Å². The highest BCUT2D eigenvalue weighted by Gasteiger charge is 2.17. The number of aromatic nitrogens is 2. The molecule has 65 heavy (non-hydrogen) atoms. The van der Waals surface area contributed by atoms with Gasteiger partial charge in [-0.1, -0.05) is 127 Å². The minimum absolute atomic E-state index is 0.0458. The number of pyridine rings is 2. The van der Waals surface area contributed by atoms with Gasteiger partial charge in [0, 0.05) is 50.0 Å². The molecule has 12 aromatic rings. The minimum Gasteiger partial charge on any atom is -0.310 e. The average molecular weight is 834 g/mol. The van der Waals surface area contributed by atoms with Crippen LogP contribution < -0.4 is 15.8 Å². The molecule has 0 aliphatic heterocycles. The molecule has 12 rings (SSSR count). The van der Waals surface area contributed by atoms with Crippen LogP contribution in [0.15, 0.2) is 246 Å². The van der Waals surface area contributed by atoms with E-state index in [9.17, 15) is 9.59 Å². The van der Waals surface area contributed by atoms with Crippen LogP contribution in [0.2, 0.25) is 0 Å². The van der Waals surface area contributed by atoms with E-state index in [1.807, 2.05) is 97.1 Å². The Kier molecular flexibility index (Phi) is 9.06. The summed E-state index contributed by atoms with van der Waals surface area (Å²) in [6, 6.07) is 81.1. The van der Waals surface area contributed by atoms with Crippen molar-refractivity contribution in [1.29, 1.82) is 0 Å². The van der Waals surface area contributed by atoms with Crippen molar-refractivity contribution in [3.8, 4) is 33.6 Å².